The lowest BCUT2D eigenvalue weighted by Crippen LogP contribution is -2.24. The summed E-state index contributed by atoms with van der Waals surface area (Å²) in [6.07, 6.45) is 22.7. The molecule has 4 heteroatoms. The number of aromatic nitrogens is 2. The maximum Gasteiger partial charge on any atom is 0.227 e. The highest BCUT2D eigenvalue weighted by molar-refractivity contribution is 5.96. The molecule has 0 radical (unpaired) electrons. The number of unbranched alkanes of at least 4 members (excludes halogenated alkanes) is 15. The van der Waals surface area contributed by atoms with Gasteiger partial charge in [-0.2, -0.15) is 0 Å². The van der Waals surface area contributed by atoms with Gasteiger partial charge in [0.15, 0.2) is 0 Å². The van der Waals surface area contributed by atoms with E-state index >= 15 is 0 Å². The molecule has 1 aliphatic rings. The van der Waals surface area contributed by atoms with Gasteiger partial charge in [-0.1, -0.05) is 128 Å². The number of aryl methyl sites for hydroxylation is 2. The molecule has 2 heterocycles. The second kappa shape index (κ2) is 16.6. The minimum Gasteiger partial charge on any atom is -0.328 e. The lowest BCUT2D eigenvalue weighted by molar-refractivity contribution is -0.117. The number of nitrogens with zero attached hydrogens (tertiary/aromatic N) is 3. The van der Waals surface area contributed by atoms with Crippen LogP contribution in [0.15, 0.2) is 48.5 Å². The molecule has 1 atom stereocenters. The Morgan fingerprint density at radius 1 is 0.750 bits per heavy atom. The number of benzene rings is 2. The quantitative estimate of drug-likeness (QED) is 0.141. The van der Waals surface area contributed by atoms with Crippen LogP contribution < -0.4 is 4.90 Å². The number of carbonyl (C=O) groups excluding carboxylic acids is 1. The van der Waals surface area contributed by atoms with Crippen molar-refractivity contribution < 1.29 is 4.79 Å². The van der Waals surface area contributed by atoms with Gasteiger partial charge in [0.25, 0.3) is 0 Å². The van der Waals surface area contributed by atoms with Gasteiger partial charge in [-0.25, -0.2) is 4.98 Å². The van der Waals surface area contributed by atoms with Crippen LogP contribution in [0.3, 0.4) is 0 Å². The molecule has 4 rings (SSSR count). The molecule has 1 aromatic heterocycles. The Hall–Kier alpha value is -2.62. The molecule has 2 aromatic carbocycles. The second-order valence-corrected chi connectivity index (χ2v) is 12.2. The number of amides is 1. The summed E-state index contributed by atoms with van der Waals surface area (Å²) in [5.41, 5.74) is 4.45. The third-order valence-electron chi connectivity index (χ3n) is 8.72. The van der Waals surface area contributed by atoms with E-state index in [4.69, 9.17) is 4.98 Å². The molecule has 0 saturated carbocycles. The van der Waals surface area contributed by atoms with Crippen LogP contribution in [-0.4, -0.2) is 22.0 Å². The van der Waals surface area contributed by atoms with Crippen molar-refractivity contribution in [3.05, 3.63) is 59.9 Å². The fourth-order valence-corrected chi connectivity index (χ4v) is 6.38. The van der Waals surface area contributed by atoms with Crippen LogP contribution in [0.2, 0.25) is 0 Å². The fraction of sp³-hybridized carbons (Fsp3) is 0.611. The molecule has 1 aliphatic heterocycles. The maximum atomic E-state index is 13.0. The Kier molecular flexibility index (Phi) is 12.6. The Morgan fingerprint density at radius 2 is 1.35 bits per heavy atom. The smallest absolute Gasteiger partial charge is 0.227 e. The Bertz CT molecular complexity index is 1170. The van der Waals surface area contributed by atoms with Crippen molar-refractivity contribution in [2.24, 2.45) is 0 Å². The van der Waals surface area contributed by atoms with Gasteiger partial charge >= 0.3 is 0 Å². The lowest BCUT2D eigenvalue weighted by Gasteiger charge is -2.18. The fourth-order valence-electron chi connectivity index (χ4n) is 6.38. The number of imidazole rings is 1. The summed E-state index contributed by atoms with van der Waals surface area (Å²) in [4.78, 5) is 20.0. The summed E-state index contributed by atoms with van der Waals surface area (Å²) in [6, 6.07) is 16.8. The minimum atomic E-state index is 0.140. The van der Waals surface area contributed by atoms with Crippen molar-refractivity contribution >= 4 is 22.6 Å². The van der Waals surface area contributed by atoms with E-state index in [2.05, 4.69) is 54.8 Å². The van der Waals surface area contributed by atoms with E-state index in [0.717, 1.165) is 23.6 Å². The van der Waals surface area contributed by atoms with E-state index in [-0.39, 0.29) is 11.8 Å². The first-order valence-electron chi connectivity index (χ1n) is 16.5. The zero-order chi connectivity index (χ0) is 28.0. The number of rotatable bonds is 19. The van der Waals surface area contributed by atoms with Crippen molar-refractivity contribution in [2.75, 3.05) is 11.4 Å². The van der Waals surface area contributed by atoms with Crippen LogP contribution in [0, 0.1) is 6.92 Å². The van der Waals surface area contributed by atoms with Gasteiger partial charge in [-0.15, -0.1) is 0 Å². The highest BCUT2D eigenvalue weighted by Gasteiger charge is 2.34. The van der Waals surface area contributed by atoms with Crippen molar-refractivity contribution in [2.45, 2.75) is 135 Å². The molecule has 1 fully saturated rings. The first kappa shape index (κ1) is 30.3. The van der Waals surface area contributed by atoms with Crippen LogP contribution in [0.5, 0.6) is 0 Å². The maximum absolute atomic E-state index is 13.0. The van der Waals surface area contributed by atoms with Crippen LogP contribution in [0.4, 0.5) is 5.69 Å². The zero-order valence-electron chi connectivity index (χ0n) is 25.4. The number of carbonyl (C=O) groups is 1. The molecule has 0 aliphatic carbocycles. The van der Waals surface area contributed by atoms with E-state index in [1.165, 1.54) is 114 Å². The van der Waals surface area contributed by atoms with Crippen molar-refractivity contribution in [3.63, 3.8) is 0 Å². The van der Waals surface area contributed by atoms with E-state index in [0.29, 0.717) is 13.0 Å². The Labute approximate surface area is 243 Å². The minimum absolute atomic E-state index is 0.140. The lowest BCUT2D eigenvalue weighted by atomic mass is 10.0. The predicted molar refractivity (Wildman–Crippen MR) is 170 cm³/mol. The number of fused-ring (bicyclic) bond motifs is 1. The van der Waals surface area contributed by atoms with E-state index in [9.17, 15) is 4.79 Å². The average Bonchev–Trinajstić information content (AvgIpc) is 3.53. The molecule has 4 nitrogen and oxygen atoms in total. The van der Waals surface area contributed by atoms with Gasteiger partial charge in [0.2, 0.25) is 5.91 Å². The second-order valence-electron chi connectivity index (χ2n) is 12.2. The van der Waals surface area contributed by atoms with Gasteiger partial charge in [0.05, 0.1) is 11.0 Å². The summed E-state index contributed by atoms with van der Waals surface area (Å²) in [5, 5.41) is 0. The van der Waals surface area contributed by atoms with Crippen LogP contribution in [0.25, 0.3) is 11.0 Å². The van der Waals surface area contributed by atoms with Gasteiger partial charge in [-0.3, -0.25) is 4.79 Å². The molecule has 0 N–H and O–H groups in total. The third kappa shape index (κ3) is 8.94. The van der Waals surface area contributed by atoms with Crippen LogP contribution in [-0.2, 0) is 11.3 Å². The molecule has 0 bridgehead atoms. The number of anilines is 1. The number of hydrogen-bond acceptors (Lipinski definition) is 2. The molecular formula is C36H53N3O. The van der Waals surface area contributed by atoms with Crippen molar-refractivity contribution in [1.29, 1.82) is 0 Å². The summed E-state index contributed by atoms with van der Waals surface area (Å²) < 4.78 is 2.41. The highest BCUT2D eigenvalue weighted by atomic mass is 16.2. The monoisotopic (exact) mass is 543 g/mol. The van der Waals surface area contributed by atoms with Crippen LogP contribution >= 0.6 is 0 Å². The van der Waals surface area contributed by atoms with Crippen molar-refractivity contribution in [3.8, 4) is 0 Å². The molecule has 3 aromatic rings. The number of hydrogen-bond donors (Lipinski definition) is 0. The van der Waals surface area contributed by atoms with E-state index in [1.807, 2.05) is 17.0 Å². The first-order chi connectivity index (χ1) is 19.7. The topological polar surface area (TPSA) is 38.1 Å². The predicted octanol–water partition coefficient (Wildman–Crippen LogP) is 10.1. The van der Waals surface area contributed by atoms with Gasteiger partial charge in [0.1, 0.15) is 5.82 Å². The number of para-hydroxylation sites is 2. The van der Waals surface area contributed by atoms with Crippen molar-refractivity contribution in [1.82, 2.24) is 9.55 Å². The summed E-state index contributed by atoms with van der Waals surface area (Å²) in [6.45, 7) is 6.08. The Balaban J connectivity index is 1.16. The first-order valence-corrected chi connectivity index (χ1v) is 16.5. The largest absolute Gasteiger partial charge is 0.328 e. The SMILES string of the molecule is CCCCCCCCCCCCCCCCCCn1c([C@H]2CC(=O)N(c3cccc(C)c3)C2)nc2ccccc21. The molecular weight excluding hydrogens is 490 g/mol. The molecule has 1 saturated heterocycles. The standard InChI is InChI=1S/C36H53N3O/c1-3-4-5-6-7-8-9-10-11-12-13-14-15-16-17-20-26-38-34-25-19-18-24-33(34)37-36(38)31-28-35(40)39(29-31)32-23-21-22-30(2)27-32/h18-19,21-25,27,31H,3-17,20,26,28-29H2,1-2H3/t31-/m0/s1. The molecule has 40 heavy (non-hydrogen) atoms. The normalized spacial score (nSPS) is 15.5. The molecule has 0 spiro atoms. The molecule has 0 unspecified atom stereocenters. The highest BCUT2D eigenvalue weighted by Crippen LogP contribution is 2.33. The summed E-state index contributed by atoms with van der Waals surface area (Å²) in [5.74, 6) is 1.43. The summed E-state index contributed by atoms with van der Waals surface area (Å²) in [7, 11) is 0. The molecule has 1 amide bonds. The third-order valence-corrected chi connectivity index (χ3v) is 8.72. The van der Waals surface area contributed by atoms with Gasteiger partial charge in [0, 0.05) is 31.1 Å². The Morgan fingerprint density at radius 3 is 1.98 bits per heavy atom. The van der Waals surface area contributed by atoms with E-state index in [1.54, 1.807) is 0 Å². The van der Waals surface area contributed by atoms with E-state index < -0.39 is 0 Å². The average molecular weight is 544 g/mol. The zero-order valence-corrected chi connectivity index (χ0v) is 25.4. The van der Waals surface area contributed by atoms with Gasteiger partial charge in [-0.05, 0) is 43.2 Å². The van der Waals surface area contributed by atoms with Gasteiger partial charge < -0.3 is 9.47 Å². The summed E-state index contributed by atoms with van der Waals surface area (Å²) >= 11 is 0. The van der Waals surface area contributed by atoms with Crippen LogP contribution in [0.1, 0.15) is 133 Å². The molecule has 218 valence electrons.